The summed E-state index contributed by atoms with van der Waals surface area (Å²) in [5.74, 6) is 1.35. The van der Waals surface area contributed by atoms with Crippen molar-refractivity contribution in [1.29, 1.82) is 0 Å². The van der Waals surface area contributed by atoms with Gasteiger partial charge in [-0.1, -0.05) is 13.3 Å². The van der Waals surface area contributed by atoms with Gasteiger partial charge in [-0.05, 0) is 43.5 Å². The molecule has 0 aliphatic carbocycles. The topological polar surface area (TPSA) is 52.3 Å². The number of Topliss-reactive ketones (excluding diaryl/α,β-unsaturated/α-hetero) is 1. The molecule has 2 aromatic rings. The van der Waals surface area contributed by atoms with Crippen molar-refractivity contribution in [3.8, 4) is 5.75 Å². The highest BCUT2D eigenvalue weighted by molar-refractivity contribution is 6.00. The standard InChI is InChI=1S/C17H21NO3/c1-6-7-13(11(3)19)9-14-10(2)8-15(20-5)17-16(14)18-12(4)21-17/h8-9H,6-7H2,1-5H3/b13-9+. The molecule has 4 heteroatoms. The SMILES string of the molecule is CCC/C(=C\c1c(C)cc(OC)c2oc(C)nc12)C(C)=O. The van der Waals surface area contributed by atoms with Gasteiger partial charge in [0.25, 0.3) is 0 Å². The maximum absolute atomic E-state index is 11.8. The van der Waals surface area contributed by atoms with E-state index in [9.17, 15) is 4.79 Å². The summed E-state index contributed by atoms with van der Waals surface area (Å²) in [4.78, 5) is 16.2. The molecule has 0 fully saturated rings. The molecule has 2 rings (SSSR count). The Labute approximate surface area is 124 Å². The number of methoxy groups -OCH3 is 1. The second kappa shape index (κ2) is 6.12. The lowest BCUT2D eigenvalue weighted by Gasteiger charge is -2.08. The Balaban J connectivity index is 2.71. The average molecular weight is 287 g/mol. The maximum atomic E-state index is 11.8. The van der Waals surface area contributed by atoms with Crippen LogP contribution in [0.3, 0.4) is 0 Å². The van der Waals surface area contributed by atoms with Crippen molar-refractivity contribution in [3.63, 3.8) is 0 Å². The van der Waals surface area contributed by atoms with Crippen LogP contribution in [0.2, 0.25) is 0 Å². The van der Waals surface area contributed by atoms with E-state index in [2.05, 4.69) is 11.9 Å². The van der Waals surface area contributed by atoms with Crippen LogP contribution in [0.4, 0.5) is 0 Å². The van der Waals surface area contributed by atoms with E-state index in [1.54, 1.807) is 21.0 Å². The van der Waals surface area contributed by atoms with Crippen LogP contribution in [0.5, 0.6) is 5.75 Å². The minimum atomic E-state index is 0.0976. The third-order valence-corrected chi connectivity index (χ3v) is 3.50. The van der Waals surface area contributed by atoms with Gasteiger partial charge in [0.05, 0.1) is 7.11 Å². The molecular weight excluding hydrogens is 266 g/mol. The largest absolute Gasteiger partial charge is 0.493 e. The summed E-state index contributed by atoms with van der Waals surface area (Å²) in [5.41, 5.74) is 4.14. The number of aromatic nitrogens is 1. The maximum Gasteiger partial charge on any atom is 0.197 e. The first kappa shape index (κ1) is 15.3. The van der Waals surface area contributed by atoms with Crippen LogP contribution in [0.25, 0.3) is 17.2 Å². The lowest BCUT2D eigenvalue weighted by molar-refractivity contribution is -0.113. The highest BCUT2D eigenvalue weighted by atomic mass is 16.5. The average Bonchev–Trinajstić information content (AvgIpc) is 2.81. The third-order valence-electron chi connectivity index (χ3n) is 3.50. The molecule has 0 saturated heterocycles. The Hall–Kier alpha value is -2.10. The summed E-state index contributed by atoms with van der Waals surface area (Å²) < 4.78 is 11.0. The number of hydrogen-bond donors (Lipinski definition) is 0. The molecule has 0 N–H and O–H groups in total. The number of ketones is 1. The molecule has 4 nitrogen and oxygen atoms in total. The van der Waals surface area contributed by atoms with Crippen LogP contribution < -0.4 is 4.74 Å². The number of nitrogens with zero attached hydrogens (tertiary/aromatic N) is 1. The fourth-order valence-corrected chi connectivity index (χ4v) is 2.43. The van der Waals surface area contributed by atoms with E-state index >= 15 is 0 Å². The number of carbonyl (C=O) groups is 1. The summed E-state index contributed by atoms with van der Waals surface area (Å²) >= 11 is 0. The smallest absolute Gasteiger partial charge is 0.197 e. The van der Waals surface area contributed by atoms with Gasteiger partial charge < -0.3 is 9.15 Å². The first-order valence-electron chi connectivity index (χ1n) is 7.14. The van der Waals surface area contributed by atoms with E-state index in [-0.39, 0.29) is 5.78 Å². The Morgan fingerprint density at radius 3 is 2.71 bits per heavy atom. The summed E-state index contributed by atoms with van der Waals surface area (Å²) in [5, 5.41) is 0. The molecule has 0 atom stereocenters. The van der Waals surface area contributed by atoms with E-state index in [1.165, 1.54) is 0 Å². The normalized spacial score (nSPS) is 12.0. The summed E-state index contributed by atoms with van der Waals surface area (Å²) in [6.45, 7) is 7.46. The molecule has 0 radical (unpaired) electrons. The molecule has 0 unspecified atom stereocenters. The lowest BCUT2D eigenvalue weighted by Crippen LogP contribution is -1.97. The van der Waals surface area contributed by atoms with Crippen molar-refractivity contribution in [3.05, 3.63) is 28.7 Å². The van der Waals surface area contributed by atoms with Crippen molar-refractivity contribution in [2.75, 3.05) is 7.11 Å². The second-order valence-corrected chi connectivity index (χ2v) is 5.20. The van der Waals surface area contributed by atoms with Crippen LogP contribution in [-0.4, -0.2) is 17.9 Å². The minimum Gasteiger partial charge on any atom is -0.493 e. The summed E-state index contributed by atoms with van der Waals surface area (Å²) in [6.07, 6.45) is 3.63. The van der Waals surface area contributed by atoms with Gasteiger partial charge in [0, 0.05) is 12.5 Å². The van der Waals surface area contributed by atoms with Crippen molar-refractivity contribution in [2.45, 2.75) is 40.5 Å². The zero-order valence-corrected chi connectivity index (χ0v) is 13.2. The highest BCUT2D eigenvalue weighted by Gasteiger charge is 2.16. The highest BCUT2D eigenvalue weighted by Crippen LogP contribution is 2.33. The Bertz CT molecular complexity index is 710. The van der Waals surface area contributed by atoms with E-state index in [0.29, 0.717) is 17.2 Å². The number of ether oxygens (including phenoxy) is 1. The first-order chi connectivity index (χ1) is 9.97. The first-order valence-corrected chi connectivity index (χ1v) is 7.14. The van der Waals surface area contributed by atoms with Gasteiger partial charge >= 0.3 is 0 Å². The van der Waals surface area contributed by atoms with Gasteiger partial charge in [0.15, 0.2) is 23.0 Å². The van der Waals surface area contributed by atoms with Gasteiger partial charge in [-0.2, -0.15) is 0 Å². The fraction of sp³-hybridized carbons (Fsp3) is 0.412. The van der Waals surface area contributed by atoms with Gasteiger partial charge in [-0.3, -0.25) is 4.79 Å². The molecule has 0 saturated carbocycles. The Morgan fingerprint density at radius 2 is 2.14 bits per heavy atom. The number of oxazole rings is 1. The number of benzene rings is 1. The van der Waals surface area contributed by atoms with Crippen LogP contribution in [0.15, 0.2) is 16.1 Å². The predicted octanol–water partition coefficient (Wildman–Crippen LogP) is 4.23. The molecular formula is C17H21NO3. The van der Waals surface area contributed by atoms with Gasteiger partial charge in [-0.25, -0.2) is 4.98 Å². The van der Waals surface area contributed by atoms with Crippen LogP contribution in [-0.2, 0) is 4.79 Å². The lowest BCUT2D eigenvalue weighted by atomic mass is 9.99. The van der Waals surface area contributed by atoms with Gasteiger partial charge in [0.2, 0.25) is 0 Å². The fourth-order valence-electron chi connectivity index (χ4n) is 2.43. The number of hydrogen-bond acceptors (Lipinski definition) is 4. The van der Waals surface area contributed by atoms with E-state index in [1.807, 2.05) is 19.1 Å². The van der Waals surface area contributed by atoms with E-state index in [4.69, 9.17) is 9.15 Å². The molecule has 0 bridgehead atoms. The molecule has 1 aromatic heterocycles. The minimum absolute atomic E-state index is 0.0976. The van der Waals surface area contributed by atoms with Crippen molar-refractivity contribution in [1.82, 2.24) is 4.98 Å². The number of fused-ring (bicyclic) bond motifs is 1. The number of carbonyl (C=O) groups excluding carboxylic acids is 1. The third kappa shape index (κ3) is 2.99. The zero-order valence-electron chi connectivity index (χ0n) is 13.2. The zero-order chi connectivity index (χ0) is 15.6. The van der Waals surface area contributed by atoms with E-state index < -0.39 is 0 Å². The Morgan fingerprint density at radius 1 is 1.43 bits per heavy atom. The second-order valence-electron chi connectivity index (χ2n) is 5.20. The molecule has 0 aliphatic heterocycles. The predicted molar refractivity (Wildman–Crippen MR) is 83.6 cm³/mol. The van der Waals surface area contributed by atoms with E-state index in [0.717, 1.165) is 35.1 Å². The monoisotopic (exact) mass is 287 g/mol. The Kier molecular flexibility index (Phi) is 4.46. The molecule has 0 spiro atoms. The molecule has 0 amide bonds. The summed E-state index contributed by atoms with van der Waals surface area (Å²) in [7, 11) is 1.61. The van der Waals surface area contributed by atoms with Gasteiger partial charge in [0.1, 0.15) is 5.52 Å². The molecule has 0 aliphatic rings. The number of rotatable bonds is 5. The quantitative estimate of drug-likeness (QED) is 0.772. The van der Waals surface area contributed by atoms with Gasteiger partial charge in [-0.15, -0.1) is 0 Å². The van der Waals surface area contributed by atoms with Crippen LogP contribution >= 0.6 is 0 Å². The molecule has 1 heterocycles. The van der Waals surface area contributed by atoms with Crippen molar-refractivity contribution in [2.24, 2.45) is 0 Å². The molecule has 112 valence electrons. The van der Waals surface area contributed by atoms with Crippen LogP contribution in [0, 0.1) is 13.8 Å². The van der Waals surface area contributed by atoms with Crippen molar-refractivity contribution < 1.29 is 13.9 Å². The molecule has 1 aromatic carbocycles. The van der Waals surface area contributed by atoms with Crippen LogP contribution in [0.1, 0.15) is 43.7 Å². The van der Waals surface area contributed by atoms with Crippen molar-refractivity contribution >= 4 is 23.0 Å². The summed E-state index contributed by atoms with van der Waals surface area (Å²) in [6, 6.07) is 1.92. The molecule has 21 heavy (non-hydrogen) atoms. The number of aryl methyl sites for hydroxylation is 2. The number of allylic oxidation sites excluding steroid dienone is 1.